The monoisotopic (exact) mass is 530 g/mol. The van der Waals surface area contributed by atoms with E-state index in [1.165, 1.54) is 25.5 Å². The molecule has 0 aliphatic carbocycles. The third-order valence-corrected chi connectivity index (χ3v) is 6.16. The molecule has 8 heteroatoms. The molecule has 0 aromatic heterocycles. The lowest BCUT2D eigenvalue weighted by molar-refractivity contribution is -0.145. The van der Waals surface area contributed by atoms with E-state index in [2.05, 4.69) is 39.2 Å². The van der Waals surface area contributed by atoms with Gasteiger partial charge in [0.2, 0.25) is 0 Å². The number of aliphatic imine (C=N–C) groups is 1. The first-order chi connectivity index (χ1) is 14.1. The van der Waals surface area contributed by atoms with E-state index in [-0.39, 0.29) is 47.8 Å². The van der Waals surface area contributed by atoms with Crippen LogP contribution in [-0.2, 0) is 9.53 Å². The first-order valence-corrected chi connectivity index (χ1v) is 10.5. The summed E-state index contributed by atoms with van der Waals surface area (Å²) in [4.78, 5) is 21.2. The molecule has 1 N–H and O–H groups in total. The number of likely N-dealkylation sites (tertiary alicyclic amines) is 2. The Balaban J connectivity index is 0.00000320. The number of benzene rings is 1. The second-order valence-electron chi connectivity index (χ2n) is 7.97. The number of ether oxygens (including phenoxy) is 2. The van der Waals surface area contributed by atoms with Crippen LogP contribution in [0.4, 0.5) is 0 Å². The molecular weight excluding hydrogens is 495 g/mol. The highest BCUT2D eigenvalue weighted by atomic mass is 127. The van der Waals surface area contributed by atoms with Crippen LogP contribution in [0.3, 0.4) is 0 Å². The standard InChI is InChI=1S/C22H34N4O3.HI/c1-16-14-26(15-19(16)21(27)29-4)22(23-2)24-13-20(25-11-5-6-12-25)17-7-9-18(28-3)10-8-17;/h7-10,16,19-20H,5-6,11-15H2,1-4H3,(H,23,24);1H. The molecule has 3 atom stereocenters. The van der Waals surface area contributed by atoms with E-state index in [9.17, 15) is 4.79 Å². The Hall–Kier alpha value is -1.55. The first kappa shape index (κ1) is 24.7. The van der Waals surface area contributed by atoms with Gasteiger partial charge in [0, 0.05) is 26.7 Å². The minimum atomic E-state index is -0.136. The van der Waals surface area contributed by atoms with Crippen molar-refractivity contribution >= 4 is 35.9 Å². The van der Waals surface area contributed by atoms with Crippen molar-refractivity contribution in [3.8, 4) is 5.75 Å². The largest absolute Gasteiger partial charge is 0.497 e. The topological polar surface area (TPSA) is 66.4 Å². The quantitative estimate of drug-likeness (QED) is 0.264. The molecule has 2 aliphatic heterocycles. The van der Waals surface area contributed by atoms with Crippen LogP contribution in [0.15, 0.2) is 29.3 Å². The van der Waals surface area contributed by atoms with E-state index in [1.54, 1.807) is 14.2 Å². The number of esters is 1. The summed E-state index contributed by atoms with van der Waals surface area (Å²) >= 11 is 0. The molecule has 2 saturated heterocycles. The Morgan fingerprint density at radius 3 is 2.43 bits per heavy atom. The molecule has 1 aromatic rings. The molecule has 1 aromatic carbocycles. The van der Waals surface area contributed by atoms with Gasteiger partial charge in [0.25, 0.3) is 0 Å². The second-order valence-corrected chi connectivity index (χ2v) is 7.97. The zero-order valence-electron chi connectivity index (χ0n) is 18.5. The fourth-order valence-electron chi connectivity index (χ4n) is 4.46. The molecule has 7 nitrogen and oxygen atoms in total. The zero-order valence-corrected chi connectivity index (χ0v) is 20.8. The summed E-state index contributed by atoms with van der Waals surface area (Å²) in [5.74, 6) is 1.73. The van der Waals surface area contributed by atoms with Crippen LogP contribution in [0.2, 0.25) is 0 Å². The van der Waals surface area contributed by atoms with Crippen molar-refractivity contribution in [3.05, 3.63) is 29.8 Å². The van der Waals surface area contributed by atoms with Crippen LogP contribution in [0, 0.1) is 11.8 Å². The van der Waals surface area contributed by atoms with E-state index in [0.717, 1.165) is 37.9 Å². The smallest absolute Gasteiger partial charge is 0.310 e. The number of hydrogen-bond acceptors (Lipinski definition) is 5. The maximum atomic E-state index is 12.0. The highest BCUT2D eigenvalue weighted by Crippen LogP contribution is 2.27. The fourth-order valence-corrected chi connectivity index (χ4v) is 4.46. The Kier molecular flexibility index (Phi) is 9.67. The molecule has 2 heterocycles. The number of hydrogen-bond donors (Lipinski definition) is 1. The molecule has 0 saturated carbocycles. The number of nitrogens with zero attached hydrogens (tertiary/aromatic N) is 3. The molecule has 30 heavy (non-hydrogen) atoms. The average molecular weight is 530 g/mol. The molecule has 2 aliphatic rings. The van der Waals surface area contributed by atoms with Gasteiger partial charge in [-0.05, 0) is 49.5 Å². The molecule has 0 bridgehead atoms. The maximum Gasteiger partial charge on any atom is 0.310 e. The van der Waals surface area contributed by atoms with Gasteiger partial charge in [0.1, 0.15) is 5.75 Å². The normalized spacial score (nSPS) is 23.1. The van der Waals surface area contributed by atoms with Gasteiger partial charge < -0.3 is 19.7 Å². The van der Waals surface area contributed by atoms with Crippen LogP contribution in [0.5, 0.6) is 5.75 Å². The molecule has 3 unspecified atom stereocenters. The summed E-state index contributed by atoms with van der Waals surface area (Å²) in [7, 11) is 4.95. The number of rotatable bonds is 6. The highest BCUT2D eigenvalue weighted by molar-refractivity contribution is 14.0. The van der Waals surface area contributed by atoms with Gasteiger partial charge in [0.05, 0.1) is 26.2 Å². The Morgan fingerprint density at radius 2 is 1.87 bits per heavy atom. The molecular formula is C22H35IN4O3. The Bertz CT molecular complexity index is 707. The van der Waals surface area contributed by atoms with Crippen molar-refractivity contribution in [1.29, 1.82) is 0 Å². The summed E-state index contributed by atoms with van der Waals surface area (Å²) in [6, 6.07) is 8.62. The summed E-state index contributed by atoms with van der Waals surface area (Å²) in [5.41, 5.74) is 1.28. The highest BCUT2D eigenvalue weighted by Gasteiger charge is 2.37. The third-order valence-electron chi connectivity index (χ3n) is 6.16. The van der Waals surface area contributed by atoms with Gasteiger partial charge in [0.15, 0.2) is 5.96 Å². The molecule has 3 rings (SSSR count). The lowest BCUT2D eigenvalue weighted by atomic mass is 9.99. The number of carbonyl (C=O) groups excluding carboxylic acids is 1. The van der Waals surface area contributed by atoms with Crippen LogP contribution in [0.25, 0.3) is 0 Å². The van der Waals surface area contributed by atoms with Gasteiger partial charge >= 0.3 is 5.97 Å². The zero-order chi connectivity index (χ0) is 20.8. The van der Waals surface area contributed by atoms with Crippen molar-refractivity contribution in [2.45, 2.75) is 25.8 Å². The Labute approximate surface area is 197 Å². The summed E-state index contributed by atoms with van der Waals surface area (Å²) in [6.07, 6.45) is 2.48. The predicted octanol–water partition coefficient (Wildman–Crippen LogP) is 2.77. The van der Waals surface area contributed by atoms with Crippen molar-refractivity contribution in [2.24, 2.45) is 16.8 Å². The van der Waals surface area contributed by atoms with Gasteiger partial charge in [-0.25, -0.2) is 0 Å². The van der Waals surface area contributed by atoms with Crippen molar-refractivity contribution in [1.82, 2.24) is 15.1 Å². The number of methoxy groups -OCH3 is 2. The fraction of sp³-hybridized carbons (Fsp3) is 0.636. The SMILES string of the molecule is CN=C(NCC(c1ccc(OC)cc1)N1CCCC1)N1CC(C)C(C(=O)OC)C1.I. The minimum absolute atomic E-state index is 0. The number of halogens is 1. The van der Waals surface area contributed by atoms with Crippen LogP contribution < -0.4 is 10.1 Å². The van der Waals surface area contributed by atoms with E-state index >= 15 is 0 Å². The number of nitrogens with one attached hydrogen (secondary N) is 1. The second kappa shape index (κ2) is 11.7. The number of carbonyl (C=O) groups is 1. The maximum absolute atomic E-state index is 12.0. The summed E-state index contributed by atoms with van der Waals surface area (Å²) in [5, 5.41) is 3.56. The minimum Gasteiger partial charge on any atom is -0.497 e. The van der Waals surface area contributed by atoms with E-state index in [4.69, 9.17) is 9.47 Å². The van der Waals surface area contributed by atoms with Gasteiger partial charge in [-0.1, -0.05) is 19.1 Å². The van der Waals surface area contributed by atoms with Gasteiger partial charge in [-0.15, -0.1) is 24.0 Å². The van der Waals surface area contributed by atoms with Crippen molar-refractivity contribution in [2.75, 3.05) is 54.0 Å². The molecule has 0 amide bonds. The molecule has 168 valence electrons. The first-order valence-electron chi connectivity index (χ1n) is 10.5. The summed E-state index contributed by atoms with van der Waals surface area (Å²) in [6.45, 7) is 6.54. The number of guanidine groups is 1. The lowest BCUT2D eigenvalue weighted by Gasteiger charge is -2.30. The van der Waals surface area contributed by atoms with Gasteiger partial charge in [-0.3, -0.25) is 14.7 Å². The summed E-state index contributed by atoms with van der Waals surface area (Å²) < 4.78 is 10.3. The Morgan fingerprint density at radius 1 is 1.20 bits per heavy atom. The van der Waals surface area contributed by atoms with Gasteiger partial charge in [-0.2, -0.15) is 0 Å². The van der Waals surface area contributed by atoms with Crippen LogP contribution in [0.1, 0.15) is 31.4 Å². The molecule has 2 fully saturated rings. The van der Waals surface area contributed by atoms with E-state index < -0.39 is 0 Å². The lowest BCUT2D eigenvalue weighted by Crippen LogP contribution is -2.44. The van der Waals surface area contributed by atoms with E-state index in [0.29, 0.717) is 6.54 Å². The van der Waals surface area contributed by atoms with Crippen molar-refractivity contribution < 1.29 is 14.3 Å². The predicted molar refractivity (Wildman–Crippen MR) is 130 cm³/mol. The van der Waals surface area contributed by atoms with Crippen molar-refractivity contribution in [3.63, 3.8) is 0 Å². The average Bonchev–Trinajstić information content (AvgIpc) is 3.41. The third kappa shape index (κ3) is 5.78. The van der Waals surface area contributed by atoms with Crippen LogP contribution in [-0.4, -0.2) is 75.7 Å². The van der Waals surface area contributed by atoms with Crippen LogP contribution >= 0.6 is 24.0 Å². The molecule has 0 spiro atoms. The molecule has 0 radical (unpaired) electrons. The van der Waals surface area contributed by atoms with E-state index in [1.807, 2.05) is 12.1 Å².